The van der Waals surface area contributed by atoms with Crippen molar-refractivity contribution in [3.8, 4) is 5.75 Å². The Labute approximate surface area is 195 Å². The molecule has 1 aromatic heterocycles. The first-order valence-corrected chi connectivity index (χ1v) is 11.4. The number of fused-ring (bicyclic) bond motifs is 1. The molecule has 0 aliphatic carbocycles. The summed E-state index contributed by atoms with van der Waals surface area (Å²) >= 11 is 1.30. The summed E-state index contributed by atoms with van der Waals surface area (Å²) in [5.74, 6) is 0.216. The number of esters is 1. The van der Waals surface area contributed by atoms with Gasteiger partial charge in [-0.25, -0.2) is 9.79 Å². The Hall–Kier alpha value is -3.71. The maximum atomic E-state index is 13.4. The molecular weight excluding hydrogens is 436 g/mol. The molecule has 1 atom stereocenters. The van der Waals surface area contributed by atoms with E-state index in [2.05, 4.69) is 4.99 Å². The van der Waals surface area contributed by atoms with Gasteiger partial charge in [-0.15, -0.1) is 0 Å². The van der Waals surface area contributed by atoms with Gasteiger partial charge in [-0.3, -0.25) is 9.36 Å². The SMILES string of the molecule is CCOC(=O)C1=C(C)N=c2sc(=C/C=C\c3ccccc3)c(=O)n2[C@H]1c1ccc(OC)cc1. The number of nitrogens with zero attached hydrogens (tertiary/aromatic N) is 2. The number of carbonyl (C=O) groups excluding carboxylic acids is 1. The van der Waals surface area contributed by atoms with Gasteiger partial charge in [-0.2, -0.15) is 0 Å². The fraction of sp³-hybridized carbons (Fsp3) is 0.192. The number of methoxy groups -OCH3 is 1. The van der Waals surface area contributed by atoms with Crippen molar-refractivity contribution in [1.82, 2.24) is 4.57 Å². The van der Waals surface area contributed by atoms with Gasteiger partial charge in [0.15, 0.2) is 4.80 Å². The lowest BCUT2D eigenvalue weighted by molar-refractivity contribution is -0.139. The van der Waals surface area contributed by atoms with Gasteiger partial charge in [0, 0.05) is 0 Å². The Kier molecular flexibility index (Phi) is 6.70. The predicted molar refractivity (Wildman–Crippen MR) is 130 cm³/mol. The Balaban J connectivity index is 1.85. The quantitative estimate of drug-likeness (QED) is 0.528. The largest absolute Gasteiger partial charge is 0.497 e. The molecular formula is C26H24N2O4S. The summed E-state index contributed by atoms with van der Waals surface area (Å²) < 4.78 is 12.7. The molecule has 2 aromatic carbocycles. The summed E-state index contributed by atoms with van der Waals surface area (Å²) in [7, 11) is 1.59. The van der Waals surface area contributed by atoms with Gasteiger partial charge in [0.25, 0.3) is 5.56 Å². The third-order valence-electron chi connectivity index (χ3n) is 5.28. The van der Waals surface area contributed by atoms with Crippen LogP contribution in [0.4, 0.5) is 0 Å². The van der Waals surface area contributed by atoms with Crippen molar-refractivity contribution < 1.29 is 14.3 Å². The fourth-order valence-electron chi connectivity index (χ4n) is 3.72. The molecule has 0 bridgehead atoms. The zero-order valence-corrected chi connectivity index (χ0v) is 19.5. The van der Waals surface area contributed by atoms with Crippen LogP contribution in [0.15, 0.2) is 81.7 Å². The van der Waals surface area contributed by atoms with Crippen LogP contribution in [-0.4, -0.2) is 24.3 Å². The second-order valence-electron chi connectivity index (χ2n) is 7.37. The minimum atomic E-state index is -0.633. The van der Waals surface area contributed by atoms with Crippen molar-refractivity contribution in [2.24, 2.45) is 4.99 Å². The molecule has 0 radical (unpaired) electrons. The molecule has 0 fully saturated rings. The van der Waals surface area contributed by atoms with Gasteiger partial charge in [-0.1, -0.05) is 66.0 Å². The Morgan fingerprint density at radius 2 is 1.88 bits per heavy atom. The van der Waals surface area contributed by atoms with E-state index >= 15 is 0 Å². The zero-order valence-electron chi connectivity index (χ0n) is 18.6. The summed E-state index contributed by atoms with van der Waals surface area (Å²) in [5, 5.41) is 0. The third kappa shape index (κ3) is 4.59. The van der Waals surface area contributed by atoms with Gasteiger partial charge in [0.1, 0.15) is 5.75 Å². The lowest BCUT2D eigenvalue weighted by Gasteiger charge is -2.24. The molecule has 7 heteroatoms. The number of hydrogen-bond acceptors (Lipinski definition) is 6. The highest BCUT2D eigenvalue weighted by Crippen LogP contribution is 2.31. The Morgan fingerprint density at radius 1 is 1.15 bits per heavy atom. The van der Waals surface area contributed by atoms with Crippen LogP contribution >= 0.6 is 11.3 Å². The molecule has 0 amide bonds. The van der Waals surface area contributed by atoms with Crippen molar-refractivity contribution >= 4 is 29.5 Å². The average Bonchev–Trinajstić information content (AvgIpc) is 3.13. The standard InChI is InChI=1S/C26H24N2O4S/c1-4-32-25(30)22-17(2)27-26-28(23(22)19-13-15-20(31-3)16-14-19)24(29)21(33-26)12-8-11-18-9-6-5-7-10-18/h5-16,23H,4H2,1-3H3/b11-8-,21-12?/t23-/m0/s1. The highest BCUT2D eigenvalue weighted by atomic mass is 32.1. The topological polar surface area (TPSA) is 69.9 Å². The minimum Gasteiger partial charge on any atom is -0.497 e. The number of thiazole rings is 1. The zero-order chi connectivity index (χ0) is 23.4. The molecule has 0 unspecified atom stereocenters. The van der Waals surface area contributed by atoms with E-state index in [9.17, 15) is 9.59 Å². The highest BCUT2D eigenvalue weighted by molar-refractivity contribution is 7.07. The Morgan fingerprint density at radius 3 is 2.55 bits per heavy atom. The molecule has 0 saturated heterocycles. The van der Waals surface area contributed by atoms with Crippen LogP contribution in [0.2, 0.25) is 0 Å². The average molecular weight is 461 g/mol. The first kappa shape index (κ1) is 22.5. The first-order valence-electron chi connectivity index (χ1n) is 10.6. The third-order valence-corrected chi connectivity index (χ3v) is 6.29. The van der Waals surface area contributed by atoms with E-state index in [1.165, 1.54) is 11.3 Å². The predicted octanol–water partition coefficient (Wildman–Crippen LogP) is 3.47. The molecule has 0 spiro atoms. The van der Waals surface area contributed by atoms with E-state index in [1.807, 2.05) is 66.7 Å². The number of allylic oxidation sites excluding steroid dienone is 2. The van der Waals surface area contributed by atoms with E-state index in [4.69, 9.17) is 9.47 Å². The van der Waals surface area contributed by atoms with Gasteiger partial charge in [-0.05, 0) is 43.2 Å². The molecule has 33 heavy (non-hydrogen) atoms. The molecule has 4 rings (SSSR count). The van der Waals surface area contributed by atoms with Crippen LogP contribution in [-0.2, 0) is 9.53 Å². The molecule has 1 aliphatic rings. The van der Waals surface area contributed by atoms with Crippen molar-refractivity contribution in [2.75, 3.05) is 13.7 Å². The van der Waals surface area contributed by atoms with Gasteiger partial charge in [0.05, 0.1) is 35.6 Å². The number of aromatic nitrogens is 1. The molecule has 0 N–H and O–H groups in total. The van der Waals surface area contributed by atoms with Gasteiger partial charge in [0.2, 0.25) is 0 Å². The number of hydrogen-bond donors (Lipinski definition) is 0. The summed E-state index contributed by atoms with van der Waals surface area (Å²) in [4.78, 5) is 31.4. The first-order chi connectivity index (χ1) is 16.0. The molecule has 3 aromatic rings. The van der Waals surface area contributed by atoms with Crippen molar-refractivity contribution in [2.45, 2.75) is 19.9 Å². The lowest BCUT2D eigenvalue weighted by Crippen LogP contribution is -2.39. The van der Waals surface area contributed by atoms with Crippen LogP contribution in [0.1, 0.15) is 31.0 Å². The summed E-state index contributed by atoms with van der Waals surface area (Å²) in [5.41, 5.74) is 2.52. The van der Waals surface area contributed by atoms with E-state index in [1.54, 1.807) is 31.6 Å². The maximum Gasteiger partial charge on any atom is 0.338 e. The van der Waals surface area contributed by atoms with Crippen LogP contribution < -0.4 is 19.6 Å². The second-order valence-corrected chi connectivity index (χ2v) is 8.38. The van der Waals surface area contributed by atoms with Crippen LogP contribution in [0.5, 0.6) is 5.75 Å². The number of rotatable bonds is 6. The van der Waals surface area contributed by atoms with Crippen LogP contribution in [0.25, 0.3) is 12.2 Å². The van der Waals surface area contributed by atoms with E-state index in [0.29, 0.717) is 26.4 Å². The Bertz CT molecular complexity index is 1400. The number of carbonyl (C=O) groups is 1. The fourth-order valence-corrected chi connectivity index (χ4v) is 4.72. The summed E-state index contributed by atoms with van der Waals surface area (Å²) in [6.45, 7) is 3.76. The smallest absolute Gasteiger partial charge is 0.338 e. The number of ether oxygens (including phenoxy) is 2. The van der Waals surface area contributed by atoms with Crippen molar-refractivity contribution in [3.05, 3.63) is 103 Å². The number of benzene rings is 2. The molecule has 2 heterocycles. The summed E-state index contributed by atoms with van der Waals surface area (Å²) in [6, 6.07) is 16.6. The van der Waals surface area contributed by atoms with Crippen molar-refractivity contribution in [1.29, 1.82) is 0 Å². The lowest BCUT2D eigenvalue weighted by atomic mass is 9.96. The molecule has 1 aliphatic heterocycles. The minimum absolute atomic E-state index is 0.202. The highest BCUT2D eigenvalue weighted by Gasteiger charge is 2.33. The maximum absolute atomic E-state index is 13.4. The monoisotopic (exact) mass is 460 g/mol. The normalized spacial score (nSPS) is 16.0. The van der Waals surface area contributed by atoms with E-state index in [-0.39, 0.29) is 12.2 Å². The molecule has 0 saturated carbocycles. The van der Waals surface area contributed by atoms with Crippen molar-refractivity contribution in [3.63, 3.8) is 0 Å². The molecule has 6 nitrogen and oxygen atoms in total. The van der Waals surface area contributed by atoms with Crippen LogP contribution in [0, 0.1) is 0 Å². The second kappa shape index (κ2) is 9.83. The van der Waals surface area contributed by atoms with Gasteiger partial charge < -0.3 is 9.47 Å². The molecule has 168 valence electrons. The van der Waals surface area contributed by atoms with E-state index < -0.39 is 12.0 Å². The van der Waals surface area contributed by atoms with Gasteiger partial charge >= 0.3 is 5.97 Å². The van der Waals surface area contributed by atoms with E-state index in [0.717, 1.165) is 11.1 Å². The summed E-state index contributed by atoms with van der Waals surface area (Å²) in [6.07, 6.45) is 5.57. The van der Waals surface area contributed by atoms with Crippen LogP contribution in [0.3, 0.4) is 0 Å².